The number of hydroxylamine groups is 3. The van der Waals surface area contributed by atoms with Crippen LogP contribution in [0.25, 0.3) is 0 Å². The molecule has 0 rings (SSSR count). The van der Waals surface area contributed by atoms with E-state index in [0.29, 0.717) is 32.7 Å². The maximum Gasteiger partial charge on any atom is 0.330 e. The van der Waals surface area contributed by atoms with Gasteiger partial charge < -0.3 is 4.74 Å². The number of carbonyl (C=O) groups is 1. The van der Waals surface area contributed by atoms with Gasteiger partial charge in [-0.15, -0.1) is 0 Å². The van der Waals surface area contributed by atoms with Crippen molar-refractivity contribution in [3.05, 3.63) is 12.7 Å². The lowest BCUT2D eigenvalue weighted by atomic mass is 10.4. The summed E-state index contributed by atoms with van der Waals surface area (Å²) in [5.41, 5.74) is 0. The zero-order valence-electron chi connectivity index (χ0n) is 9.03. The molecule has 0 aliphatic carbocycles. The average molecular weight is 202 g/mol. The molecule has 14 heavy (non-hydrogen) atoms. The minimum Gasteiger partial charge on any atom is -0.462 e. The normalized spacial score (nSPS) is 11.1. The van der Waals surface area contributed by atoms with Crippen LogP contribution in [0.3, 0.4) is 0 Å². The maximum atomic E-state index is 10.7. The Labute approximate surface area is 85.3 Å². The maximum absolute atomic E-state index is 10.7. The minimum atomic E-state index is -0.408. The highest BCUT2D eigenvalue weighted by molar-refractivity contribution is 5.81. The summed E-state index contributed by atoms with van der Waals surface area (Å²) < 4.78 is 4.83. The molecule has 0 spiro atoms. The van der Waals surface area contributed by atoms with E-state index in [1.54, 1.807) is 0 Å². The number of nitrogens with zero attached hydrogens (tertiary/aromatic N) is 1. The molecule has 0 saturated carbocycles. The molecule has 0 unspecified atom stereocenters. The Bertz CT molecular complexity index is 188. The summed E-state index contributed by atoms with van der Waals surface area (Å²) in [5.74, 6) is -0.408. The smallest absolute Gasteiger partial charge is 0.330 e. The van der Waals surface area contributed by atoms with Crippen molar-refractivity contribution in [2.75, 3.05) is 26.2 Å². The standard InChI is InChI=1S/C10H20NO3/c1-4-10(12)14-9-7-8-11(13,5-2)6-3/h4,13H,1,5-9H2,2-3H3/q+1. The highest BCUT2D eigenvalue weighted by Gasteiger charge is 2.19. The molecule has 82 valence electrons. The van der Waals surface area contributed by atoms with Crippen molar-refractivity contribution in [3.8, 4) is 0 Å². The second kappa shape index (κ2) is 6.56. The Balaban J connectivity index is 3.62. The van der Waals surface area contributed by atoms with Gasteiger partial charge in [-0.05, 0) is 13.8 Å². The number of hydrogen-bond donors (Lipinski definition) is 1. The summed E-state index contributed by atoms with van der Waals surface area (Å²) in [6.07, 6.45) is 1.80. The molecule has 0 amide bonds. The van der Waals surface area contributed by atoms with Gasteiger partial charge in [0.1, 0.15) is 19.6 Å². The summed E-state index contributed by atoms with van der Waals surface area (Å²) in [6, 6.07) is 0. The Morgan fingerprint density at radius 1 is 1.50 bits per heavy atom. The molecule has 0 fully saturated rings. The van der Waals surface area contributed by atoms with Gasteiger partial charge in [-0.25, -0.2) is 10.0 Å². The van der Waals surface area contributed by atoms with Crippen molar-refractivity contribution in [2.24, 2.45) is 0 Å². The van der Waals surface area contributed by atoms with Crippen LogP contribution in [0.1, 0.15) is 20.3 Å². The third-order valence-corrected chi connectivity index (χ3v) is 2.31. The molecule has 1 N–H and O–H groups in total. The summed E-state index contributed by atoms with van der Waals surface area (Å²) >= 11 is 0. The fourth-order valence-corrected chi connectivity index (χ4v) is 1.13. The first kappa shape index (κ1) is 13.1. The van der Waals surface area contributed by atoms with Crippen molar-refractivity contribution in [2.45, 2.75) is 20.3 Å². The van der Waals surface area contributed by atoms with Gasteiger partial charge in [0.05, 0.1) is 6.61 Å². The molecule has 0 heterocycles. The number of esters is 1. The summed E-state index contributed by atoms with van der Waals surface area (Å²) in [7, 11) is 0. The van der Waals surface area contributed by atoms with Crippen LogP contribution in [-0.2, 0) is 9.53 Å². The van der Waals surface area contributed by atoms with E-state index >= 15 is 0 Å². The highest BCUT2D eigenvalue weighted by Crippen LogP contribution is 2.02. The molecule has 0 bridgehead atoms. The van der Waals surface area contributed by atoms with Gasteiger partial charge in [0.15, 0.2) is 0 Å². The monoisotopic (exact) mass is 202 g/mol. The van der Waals surface area contributed by atoms with Gasteiger partial charge in [-0.2, -0.15) is 4.65 Å². The lowest BCUT2D eigenvalue weighted by Gasteiger charge is -2.27. The molecular formula is C10H20NO3+. The van der Waals surface area contributed by atoms with Gasteiger partial charge in [0, 0.05) is 12.5 Å². The van der Waals surface area contributed by atoms with Crippen molar-refractivity contribution in [3.63, 3.8) is 0 Å². The van der Waals surface area contributed by atoms with Gasteiger partial charge in [-0.3, -0.25) is 0 Å². The molecule has 0 aliphatic heterocycles. The first-order chi connectivity index (χ1) is 6.58. The van der Waals surface area contributed by atoms with Crippen LogP contribution >= 0.6 is 0 Å². The fraction of sp³-hybridized carbons (Fsp3) is 0.700. The van der Waals surface area contributed by atoms with E-state index < -0.39 is 5.97 Å². The summed E-state index contributed by atoms with van der Waals surface area (Å²) in [4.78, 5) is 10.7. The molecular weight excluding hydrogens is 182 g/mol. The molecule has 0 saturated heterocycles. The third kappa shape index (κ3) is 4.99. The molecule has 0 atom stereocenters. The number of rotatable bonds is 7. The lowest BCUT2D eigenvalue weighted by Crippen LogP contribution is -2.45. The predicted octanol–water partition coefficient (Wildman–Crippen LogP) is 1.35. The van der Waals surface area contributed by atoms with E-state index in [9.17, 15) is 10.0 Å². The Kier molecular flexibility index (Phi) is 6.16. The molecule has 0 radical (unpaired) electrons. The number of quaternary nitrogens is 1. The zero-order valence-corrected chi connectivity index (χ0v) is 9.03. The van der Waals surface area contributed by atoms with Crippen molar-refractivity contribution in [1.82, 2.24) is 0 Å². The highest BCUT2D eigenvalue weighted by atomic mass is 16.5. The Hall–Kier alpha value is -0.870. The molecule has 0 aromatic rings. The van der Waals surface area contributed by atoms with E-state index in [-0.39, 0.29) is 4.65 Å². The van der Waals surface area contributed by atoms with Gasteiger partial charge in [0.25, 0.3) is 0 Å². The predicted molar refractivity (Wildman–Crippen MR) is 53.8 cm³/mol. The number of hydrogen-bond acceptors (Lipinski definition) is 3. The van der Waals surface area contributed by atoms with E-state index in [1.165, 1.54) is 0 Å². The topological polar surface area (TPSA) is 46.5 Å². The number of ether oxygens (including phenoxy) is 1. The van der Waals surface area contributed by atoms with Crippen LogP contribution in [0.15, 0.2) is 12.7 Å². The van der Waals surface area contributed by atoms with Gasteiger partial charge in [0.2, 0.25) is 0 Å². The van der Waals surface area contributed by atoms with E-state index in [0.717, 1.165) is 6.08 Å². The van der Waals surface area contributed by atoms with Crippen LogP contribution in [0.5, 0.6) is 0 Å². The van der Waals surface area contributed by atoms with Crippen LogP contribution in [0.2, 0.25) is 0 Å². The number of carbonyl (C=O) groups excluding carboxylic acids is 1. The summed E-state index contributed by atoms with van der Waals surface area (Å²) in [6.45, 7) is 9.44. The second-order valence-corrected chi connectivity index (χ2v) is 3.18. The first-order valence-corrected chi connectivity index (χ1v) is 4.96. The van der Waals surface area contributed by atoms with Crippen LogP contribution in [0, 0.1) is 0 Å². The Morgan fingerprint density at radius 3 is 2.50 bits per heavy atom. The first-order valence-electron chi connectivity index (χ1n) is 4.96. The molecule has 4 nitrogen and oxygen atoms in total. The van der Waals surface area contributed by atoms with E-state index in [1.807, 2.05) is 13.8 Å². The lowest BCUT2D eigenvalue weighted by molar-refractivity contribution is -1.10. The summed E-state index contributed by atoms with van der Waals surface area (Å²) in [5, 5.41) is 9.83. The average Bonchev–Trinajstić information content (AvgIpc) is 2.23. The zero-order chi connectivity index (χ0) is 11.0. The molecule has 0 aliphatic rings. The minimum absolute atomic E-state index is 0.0334. The SMILES string of the molecule is C=CC(=O)OCCC[N+](O)(CC)CC. The second-order valence-electron chi connectivity index (χ2n) is 3.18. The van der Waals surface area contributed by atoms with Gasteiger partial charge >= 0.3 is 5.97 Å². The van der Waals surface area contributed by atoms with Crippen molar-refractivity contribution >= 4 is 5.97 Å². The van der Waals surface area contributed by atoms with Crippen molar-refractivity contribution < 1.29 is 19.4 Å². The van der Waals surface area contributed by atoms with Crippen LogP contribution < -0.4 is 0 Å². The largest absolute Gasteiger partial charge is 0.462 e. The quantitative estimate of drug-likeness (QED) is 0.223. The Morgan fingerprint density at radius 2 is 2.07 bits per heavy atom. The third-order valence-electron chi connectivity index (χ3n) is 2.31. The van der Waals surface area contributed by atoms with Gasteiger partial charge in [-0.1, -0.05) is 6.58 Å². The molecule has 0 aromatic heterocycles. The van der Waals surface area contributed by atoms with Crippen molar-refractivity contribution in [1.29, 1.82) is 0 Å². The fourth-order valence-electron chi connectivity index (χ4n) is 1.13. The van der Waals surface area contributed by atoms with Crippen LogP contribution in [0.4, 0.5) is 0 Å². The molecule has 0 aromatic carbocycles. The van der Waals surface area contributed by atoms with E-state index in [2.05, 4.69) is 6.58 Å². The van der Waals surface area contributed by atoms with Crippen LogP contribution in [-0.4, -0.2) is 42.1 Å². The van der Waals surface area contributed by atoms with E-state index in [4.69, 9.17) is 4.74 Å². The molecule has 4 heteroatoms.